The highest BCUT2D eigenvalue weighted by molar-refractivity contribution is 6.03. The molecule has 2 aliphatic heterocycles. The fourth-order valence-corrected chi connectivity index (χ4v) is 4.57. The number of hydrogen-bond acceptors (Lipinski definition) is 3. The number of carbonyl (C=O) groups excluding carboxylic acids is 1. The number of hydrogen-bond donors (Lipinski definition) is 0. The maximum atomic E-state index is 13.2. The van der Waals surface area contributed by atoms with Crippen molar-refractivity contribution in [3.63, 3.8) is 0 Å². The molecule has 0 radical (unpaired) electrons. The van der Waals surface area contributed by atoms with Crippen LogP contribution >= 0.6 is 0 Å². The molecule has 1 atom stereocenters. The van der Waals surface area contributed by atoms with Crippen LogP contribution in [0.25, 0.3) is 11.3 Å². The Morgan fingerprint density at radius 2 is 1.66 bits per heavy atom. The molecule has 4 heteroatoms. The van der Waals surface area contributed by atoms with Crippen LogP contribution in [0.4, 0.5) is 5.69 Å². The van der Waals surface area contributed by atoms with Gasteiger partial charge in [0.2, 0.25) is 5.91 Å². The average Bonchev–Trinajstić information content (AvgIpc) is 3.01. The number of nitrogens with zero attached hydrogens (tertiary/aromatic N) is 2. The van der Waals surface area contributed by atoms with Gasteiger partial charge in [0.1, 0.15) is 0 Å². The van der Waals surface area contributed by atoms with Crippen molar-refractivity contribution in [1.29, 1.82) is 0 Å². The summed E-state index contributed by atoms with van der Waals surface area (Å²) in [4.78, 5) is 21.6. The molecule has 29 heavy (non-hydrogen) atoms. The van der Waals surface area contributed by atoms with Crippen molar-refractivity contribution in [3.05, 3.63) is 65.2 Å². The number of para-hydroxylation sites is 1. The Bertz CT molecular complexity index is 984. The van der Waals surface area contributed by atoms with E-state index in [1.54, 1.807) is 0 Å². The van der Waals surface area contributed by atoms with E-state index in [0.717, 1.165) is 33.7 Å². The summed E-state index contributed by atoms with van der Waals surface area (Å²) in [6, 6.07) is 16.6. The lowest BCUT2D eigenvalue weighted by Gasteiger charge is -2.34. The molecular formula is C25H30N2O2. The van der Waals surface area contributed by atoms with Gasteiger partial charge in [0, 0.05) is 29.7 Å². The van der Waals surface area contributed by atoms with E-state index in [4.69, 9.17) is 4.84 Å². The van der Waals surface area contributed by atoms with Crippen LogP contribution in [-0.2, 0) is 16.2 Å². The number of carbonyl (C=O) groups is 1. The first-order valence-electron chi connectivity index (χ1n) is 10.3. The first-order chi connectivity index (χ1) is 13.7. The fraction of sp³-hybridized carbons (Fsp3) is 0.400. The van der Waals surface area contributed by atoms with E-state index in [-0.39, 0.29) is 23.3 Å². The molecule has 0 bridgehead atoms. The molecule has 152 valence electrons. The summed E-state index contributed by atoms with van der Waals surface area (Å²) in [5.41, 5.74) is 5.32. The SMILES string of the molecule is CC(C)C(=O)N1Cc2ccccc2C2=C(c3ccccc31)C(C(C)(C)C)N(C)O2. The molecule has 2 aromatic carbocycles. The summed E-state index contributed by atoms with van der Waals surface area (Å²) < 4.78 is 0. The molecule has 0 saturated heterocycles. The minimum Gasteiger partial charge on any atom is -0.405 e. The Morgan fingerprint density at radius 3 is 2.31 bits per heavy atom. The van der Waals surface area contributed by atoms with Crippen LogP contribution in [0.1, 0.15) is 51.3 Å². The van der Waals surface area contributed by atoms with Gasteiger partial charge >= 0.3 is 0 Å². The molecule has 2 aromatic rings. The van der Waals surface area contributed by atoms with Crippen LogP contribution in [0.3, 0.4) is 0 Å². The van der Waals surface area contributed by atoms with Crippen molar-refractivity contribution in [1.82, 2.24) is 5.06 Å². The van der Waals surface area contributed by atoms with Gasteiger partial charge in [0.15, 0.2) is 5.76 Å². The molecule has 4 nitrogen and oxygen atoms in total. The van der Waals surface area contributed by atoms with E-state index in [9.17, 15) is 4.79 Å². The molecule has 2 aliphatic rings. The minimum absolute atomic E-state index is 0.0417. The number of rotatable bonds is 1. The first-order valence-corrected chi connectivity index (χ1v) is 10.3. The first kappa shape index (κ1) is 19.7. The van der Waals surface area contributed by atoms with Gasteiger partial charge in [-0.3, -0.25) is 4.79 Å². The highest BCUT2D eigenvalue weighted by Crippen LogP contribution is 2.49. The summed E-state index contributed by atoms with van der Waals surface area (Å²) in [5.74, 6) is 0.965. The number of benzene rings is 2. The maximum Gasteiger partial charge on any atom is 0.229 e. The van der Waals surface area contributed by atoms with E-state index >= 15 is 0 Å². The monoisotopic (exact) mass is 390 g/mol. The summed E-state index contributed by atoms with van der Waals surface area (Å²) in [7, 11) is 2.00. The zero-order valence-corrected chi connectivity index (χ0v) is 18.2. The van der Waals surface area contributed by atoms with E-state index in [2.05, 4.69) is 45.0 Å². The van der Waals surface area contributed by atoms with Crippen LogP contribution in [-0.4, -0.2) is 24.1 Å². The van der Waals surface area contributed by atoms with E-state index in [0.29, 0.717) is 6.54 Å². The van der Waals surface area contributed by atoms with Crippen molar-refractivity contribution in [3.8, 4) is 0 Å². The Morgan fingerprint density at radius 1 is 1.03 bits per heavy atom. The molecule has 0 saturated carbocycles. The lowest BCUT2D eigenvalue weighted by atomic mass is 9.78. The van der Waals surface area contributed by atoms with Gasteiger partial charge in [-0.1, -0.05) is 77.1 Å². The normalized spacial score (nSPS) is 19.3. The van der Waals surface area contributed by atoms with E-state index < -0.39 is 0 Å². The molecule has 0 aromatic heterocycles. The zero-order valence-electron chi connectivity index (χ0n) is 18.2. The Hall–Kier alpha value is -2.59. The molecule has 0 N–H and O–H groups in total. The third-order valence-corrected chi connectivity index (χ3v) is 5.77. The molecule has 4 rings (SSSR count). The molecule has 0 spiro atoms. The van der Waals surface area contributed by atoms with Crippen LogP contribution in [0.5, 0.6) is 0 Å². The molecule has 0 fully saturated rings. The van der Waals surface area contributed by atoms with Gasteiger partial charge < -0.3 is 9.74 Å². The van der Waals surface area contributed by atoms with Gasteiger partial charge in [-0.2, -0.15) is 0 Å². The lowest BCUT2D eigenvalue weighted by Crippen LogP contribution is -2.39. The highest BCUT2D eigenvalue weighted by Gasteiger charge is 2.44. The zero-order chi connectivity index (χ0) is 20.9. The average molecular weight is 391 g/mol. The van der Waals surface area contributed by atoms with Gasteiger partial charge in [-0.05, 0) is 17.0 Å². The Labute approximate surface area is 173 Å². The molecule has 1 unspecified atom stereocenters. The second-order valence-corrected chi connectivity index (χ2v) is 9.40. The van der Waals surface area contributed by atoms with Gasteiger partial charge in [-0.15, -0.1) is 5.06 Å². The third-order valence-electron chi connectivity index (χ3n) is 5.77. The molecule has 2 heterocycles. The number of fused-ring (bicyclic) bond motifs is 4. The van der Waals surface area contributed by atoms with Crippen LogP contribution in [0, 0.1) is 11.3 Å². The van der Waals surface area contributed by atoms with E-state index in [1.807, 2.05) is 55.1 Å². The van der Waals surface area contributed by atoms with Gasteiger partial charge in [-0.25, -0.2) is 0 Å². The smallest absolute Gasteiger partial charge is 0.229 e. The quantitative estimate of drug-likeness (QED) is 0.658. The predicted octanol–water partition coefficient (Wildman–Crippen LogP) is 5.35. The second-order valence-electron chi connectivity index (χ2n) is 9.40. The van der Waals surface area contributed by atoms with Crippen LogP contribution in [0.2, 0.25) is 0 Å². The topological polar surface area (TPSA) is 32.8 Å². The largest absolute Gasteiger partial charge is 0.405 e. The van der Waals surface area contributed by atoms with Crippen LogP contribution in [0.15, 0.2) is 48.5 Å². The standard InChI is InChI=1S/C25H30N2O2/c1-16(2)24(28)27-15-17-11-7-8-12-18(17)22-21(19-13-9-10-14-20(19)27)23(25(3,4)5)26(6)29-22/h7-14,16,23H,15H2,1-6H3. The molecular weight excluding hydrogens is 360 g/mol. The summed E-state index contributed by atoms with van der Waals surface area (Å²) in [5, 5.41) is 1.97. The number of anilines is 1. The van der Waals surface area contributed by atoms with E-state index in [1.165, 1.54) is 0 Å². The maximum absolute atomic E-state index is 13.2. The fourth-order valence-electron chi connectivity index (χ4n) is 4.57. The summed E-state index contributed by atoms with van der Waals surface area (Å²) in [6.45, 7) is 11.2. The van der Waals surface area contributed by atoms with Crippen molar-refractivity contribution >= 4 is 22.9 Å². The second kappa shape index (κ2) is 7.03. The van der Waals surface area contributed by atoms with Gasteiger partial charge in [0.05, 0.1) is 18.3 Å². The number of likely N-dealkylation sites (N-methyl/N-ethyl adjacent to an activating group) is 1. The highest BCUT2D eigenvalue weighted by atomic mass is 16.7. The summed E-state index contributed by atoms with van der Waals surface area (Å²) >= 11 is 0. The molecule has 1 amide bonds. The lowest BCUT2D eigenvalue weighted by molar-refractivity contribution is -0.121. The van der Waals surface area contributed by atoms with Crippen molar-refractivity contribution in [2.45, 2.75) is 47.2 Å². The number of amides is 1. The number of hydroxylamine groups is 2. The Balaban J connectivity index is 2.05. The van der Waals surface area contributed by atoms with Crippen LogP contribution < -0.4 is 4.90 Å². The van der Waals surface area contributed by atoms with Crippen molar-refractivity contribution in [2.75, 3.05) is 11.9 Å². The Kier molecular flexibility index (Phi) is 4.78. The van der Waals surface area contributed by atoms with Crippen molar-refractivity contribution < 1.29 is 9.63 Å². The van der Waals surface area contributed by atoms with Crippen molar-refractivity contribution in [2.24, 2.45) is 11.3 Å². The van der Waals surface area contributed by atoms with Gasteiger partial charge in [0.25, 0.3) is 0 Å². The molecule has 0 aliphatic carbocycles. The minimum atomic E-state index is -0.0796. The predicted molar refractivity (Wildman–Crippen MR) is 118 cm³/mol. The third kappa shape index (κ3) is 3.25. The summed E-state index contributed by atoms with van der Waals surface area (Å²) in [6.07, 6.45) is 0.